The maximum atomic E-state index is 12.3. The van der Waals surface area contributed by atoms with Crippen LogP contribution < -0.4 is 11.1 Å². The Labute approximate surface area is 224 Å². The number of aryl methyl sites for hydroxylation is 1. The summed E-state index contributed by atoms with van der Waals surface area (Å²) in [4.78, 5) is 35.5. The number of nitrogens with two attached hydrogens (primary N) is 1. The number of benzene rings is 1. The van der Waals surface area contributed by atoms with Gasteiger partial charge in [-0.15, -0.1) is 23.2 Å². The van der Waals surface area contributed by atoms with Gasteiger partial charge in [-0.2, -0.15) is 0 Å². The molecule has 204 valence electrons. The number of alkyl carbamates (subject to hydrolysis) is 1. The lowest BCUT2D eigenvalue weighted by Crippen LogP contribution is -2.42. The number of carboxylic acid groups (broad SMARTS) is 1. The minimum absolute atomic E-state index is 0.233. The molecule has 0 saturated carbocycles. The number of hydrogen-bond acceptors (Lipinski definition) is 5. The summed E-state index contributed by atoms with van der Waals surface area (Å²) >= 11 is 12.1. The number of carbonyl (C=O) groups is 3. The smallest absolute Gasteiger partial charge is 0.407 e. The molecule has 1 rings (SSSR count). The molecule has 4 N–H and O–H groups in total. The van der Waals surface area contributed by atoms with Crippen LogP contribution in [0.5, 0.6) is 0 Å². The highest BCUT2D eigenvalue weighted by Gasteiger charge is 2.36. The van der Waals surface area contributed by atoms with Crippen molar-refractivity contribution in [3.05, 3.63) is 34.9 Å². The minimum Gasteiger partial charge on any atom is -0.481 e. The van der Waals surface area contributed by atoms with Gasteiger partial charge in [-0.1, -0.05) is 32.0 Å². The van der Waals surface area contributed by atoms with Crippen molar-refractivity contribution in [2.24, 2.45) is 11.1 Å². The summed E-state index contributed by atoms with van der Waals surface area (Å²) in [6.45, 7) is 11.2. The largest absolute Gasteiger partial charge is 0.481 e. The highest BCUT2D eigenvalue weighted by atomic mass is 35.5. The van der Waals surface area contributed by atoms with Gasteiger partial charge in [0.25, 0.3) is 0 Å². The molecule has 10 heteroatoms. The van der Waals surface area contributed by atoms with Crippen LogP contribution in [0.2, 0.25) is 0 Å². The number of halogens is 2. The van der Waals surface area contributed by atoms with E-state index in [-0.39, 0.29) is 18.2 Å². The van der Waals surface area contributed by atoms with Crippen LogP contribution in [0.3, 0.4) is 0 Å². The molecule has 2 amide bonds. The van der Waals surface area contributed by atoms with E-state index in [1.807, 2.05) is 39.0 Å². The molecular weight excluding hydrogens is 507 g/mol. The van der Waals surface area contributed by atoms with Gasteiger partial charge in [0, 0.05) is 30.6 Å². The predicted octanol–water partition coefficient (Wildman–Crippen LogP) is 5.87. The molecule has 0 aliphatic rings. The fourth-order valence-corrected chi connectivity index (χ4v) is 4.94. The summed E-state index contributed by atoms with van der Waals surface area (Å²) in [5.74, 6) is -0.529. The molecular formula is C26H40Cl2N2O6. The minimum atomic E-state index is -1.05. The molecule has 1 aromatic rings. The van der Waals surface area contributed by atoms with Gasteiger partial charge >= 0.3 is 18.2 Å². The predicted molar refractivity (Wildman–Crippen MR) is 142 cm³/mol. The number of alkyl halides is 2. The molecule has 0 saturated heterocycles. The first-order valence-corrected chi connectivity index (χ1v) is 13.0. The summed E-state index contributed by atoms with van der Waals surface area (Å²) in [7, 11) is 0. The molecule has 0 unspecified atom stereocenters. The summed E-state index contributed by atoms with van der Waals surface area (Å²) in [6.07, 6.45) is -0.131. The quantitative estimate of drug-likeness (QED) is 0.265. The number of aliphatic carboxylic acids is 1. The Morgan fingerprint density at radius 2 is 1.64 bits per heavy atom. The van der Waals surface area contributed by atoms with Gasteiger partial charge in [-0.3, -0.25) is 4.79 Å². The average molecular weight is 548 g/mol. The maximum absolute atomic E-state index is 12.3. The van der Waals surface area contributed by atoms with Gasteiger partial charge in [0.2, 0.25) is 0 Å². The van der Waals surface area contributed by atoms with E-state index in [0.29, 0.717) is 25.7 Å². The Bertz CT molecular complexity index is 908. The Balaban J connectivity index is 3.24. The van der Waals surface area contributed by atoms with E-state index in [0.717, 1.165) is 16.7 Å². The number of carbonyl (C=O) groups excluding carboxylic acids is 2. The Morgan fingerprint density at radius 3 is 2.11 bits per heavy atom. The van der Waals surface area contributed by atoms with Crippen LogP contribution in [0.4, 0.5) is 9.59 Å². The second kappa shape index (κ2) is 13.4. The van der Waals surface area contributed by atoms with E-state index in [9.17, 15) is 19.5 Å². The first-order valence-electron chi connectivity index (χ1n) is 11.9. The van der Waals surface area contributed by atoms with Gasteiger partial charge in [-0.25, -0.2) is 9.59 Å². The number of ether oxygens (including phenoxy) is 2. The number of primary amides is 1. The van der Waals surface area contributed by atoms with Crippen molar-refractivity contribution in [1.29, 1.82) is 0 Å². The third-order valence-corrected chi connectivity index (χ3v) is 6.16. The van der Waals surface area contributed by atoms with Crippen LogP contribution in [0.1, 0.15) is 77.0 Å². The second-order valence-electron chi connectivity index (χ2n) is 10.9. The molecule has 0 aliphatic heterocycles. The number of hydrogen-bond donors (Lipinski definition) is 3. The second-order valence-corrected chi connectivity index (χ2v) is 11.7. The highest BCUT2D eigenvalue weighted by molar-refractivity contribution is 6.18. The van der Waals surface area contributed by atoms with E-state index >= 15 is 0 Å². The molecule has 0 bridgehead atoms. The Morgan fingerprint density at radius 1 is 1.06 bits per heavy atom. The number of nitrogens with one attached hydrogen (secondary N) is 1. The SMILES string of the molecule is Cc1ccc(C(CCCl)(CCCl)OC(N)=O)cc1CC(C)(C)C[C@@H](CC(=O)O)NC(=O)OC(C)(C)C. The zero-order valence-corrected chi connectivity index (χ0v) is 23.6. The molecule has 8 nitrogen and oxygen atoms in total. The van der Waals surface area contributed by atoms with Crippen LogP contribution in [0.25, 0.3) is 0 Å². The van der Waals surface area contributed by atoms with E-state index in [1.54, 1.807) is 20.8 Å². The number of amides is 2. The maximum Gasteiger partial charge on any atom is 0.407 e. The van der Waals surface area contributed by atoms with Crippen molar-refractivity contribution >= 4 is 41.4 Å². The average Bonchev–Trinajstić information content (AvgIpc) is 2.66. The fourth-order valence-electron chi connectivity index (χ4n) is 4.33. The zero-order valence-electron chi connectivity index (χ0n) is 22.1. The van der Waals surface area contributed by atoms with Gasteiger partial charge in [-0.05, 0) is 62.6 Å². The standard InChI is InChI=1S/C26H40Cl2N2O6/c1-17-7-8-19(26(9-11-27,10-12-28)35-22(29)33)13-18(17)15-25(5,6)16-20(14-21(31)32)30-23(34)36-24(2,3)4/h7-8,13,20H,9-12,14-16H2,1-6H3,(H2,29,33)(H,30,34)(H,31,32)/t20-/m1/s1. The molecule has 0 spiro atoms. The monoisotopic (exact) mass is 546 g/mol. The van der Waals surface area contributed by atoms with Crippen LogP contribution in [0, 0.1) is 12.3 Å². The Hall–Kier alpha value is -2.19. The highest BCUT2D eigenvalue weighted by Crippen LogP contribution is 2.37. The molecule has 1 aromatic carbocycles. The molecule has 0 aromatic heterocycles. The lowest BCUT2D eigenvalue weighted by atomic mass is 9.77. The fraction of sp³-hybridized carbons (Fsp3) is 0.654. The van der Waals surface area contributed by atoms with Gasteiger partial charge < -0.3 is 25.6 Å². The van der Waals surface area contributed by atoms with Crippen molar-refractivity contribution in [3.8, 4) is 0 Å². The summed E-state index contributed by atoms with van der Waals surface area (Å²) < 4.78 is 10.9. The van der Waals surface area contributed by atoms with Gasteiger partial charge in [0.05, 0.1) is 6.42 Å². The van der Waals surface area contributed by atoms with Gasteiger partial charge in [0.15, 0.2) is 0 Å². The third-order valence-electron chi connectivity index (χ3n) is 5.78. The van der Waals surface area contributed by atoms with E-state index in [4.69, 9.17) is 38.4 Å². The molecule has 0 fully saturated rings. The third kappa shape index (κ3) is 10.8. The van der Waals surface area contributed by atoms with E-state index in [2.05, 4.69) is 5.32 Å². The Kier molecular flexibility index (Phi) is 11.8. The number of rotatable bonds is 13. The van der Waals surface area contributed by atoms with Crippen molar-refractivity contribution in [3.63, 3.8) is 0 Å². The summed E-state index contributed by atoms with van der Waals surface area (Å²) in [6, 6.07) is 5.16. The molecule has 36 heavy (non-hydrogen) atoms. The van der Waals surface area contributed by atoms with Crippen LogP contribution in [0.15, 0.2) is 18.2 Å². The van der Waals surface area contributed by atoms with Crippen LogP contribution >= 0.6 is 23.2 Å². The van der Waals surface area contributed by atoms with Crippen molar-refractivity contribution in [2.45, 2.75) is 90.9 Å². The molecule has 1 atom stereocenters. The lowest BCUT2D eigenvalue weighted by molar-refractivity contribution is -0.137. The van der Waals surface area contributed by atoms with Gasteiger partial charge in [0.1, 0.15) is 11.2 Å². The van der Waals surface area contributed by atoms with E-state index < -0.39 is 40.8 Å². The normalized spacial score (nSPS) is 13.1. The topological polar surface area (TPSA) is 128 Å². The van der Waals surface area contributed by atoms with Crippen LogP contribution in [-0.4, -0.2) is 46.7 Å². The number of carboxylic acids is 1. The van der Waals surface area contributed by atoms with E-state index in [1.165, 1.54) is 0 Å². The van der Waals surface area contributed by atoms with Crippen molar-refractivity contribution in [2.75, 3.05) is 11.8 Å². The first kappa shape index (κ1) is 31.8. The zero-order chi connectivity index (χ0) is 27.7. The molecule has 0 radical (unpaired) electrons. The van der Waals surface area contributed by atoms with Crippen molar-refractivity contribution in [1.82, 2.24) is 5.32 Å². The summed E-state index contributed by atoms with van der Waals surface area (Å²) in [5, 5.41) is 12.1. The molecule has 0 heterocycles. The first-order chi connectivity index (χ1) is 16.5. The van der Waals surface area contributed by atoms with Crippen molar-refractivity contribution < 1.29 is 29.0 Å². The molecule has 0 aliphatic carbocycles. The van der Waals surface area contributed by atoms with Crippen LogP contribution in [-0.2, 0) is 26.3 Å². The lowest BCUT2D eigenvalue weighted by Gasteiger charge is -2.34. The summed E-state index contributed by atoms with van der Waals surface area (Å²) in [5.41, 5.74) is 5.99.